The van der Waals surface area contributed by atoms with E-state index in [1.165, 1.54) is 0 Å². The van der Waals surface area contributed by atoms with Gasteiger partial charge in [-0.3, -0.25) is 9.05 Å². The highest BCUT2D eigenvalue weighted by Gasteiger charge is 2.28. The quantitative estimate of drug-likeness (QED) is 0.462. The predicted molar refractivity (Wildman–Crippen MR) is 75.2 cm³/mol. The van der Waals surface area contributed by atoms with Gasteiger partial charge in [0.2, 0.25) is 0 Å². The first kappa shape index (κ1) is 19.3. The summed E-state index contributed by atoms with van der Waals surface area (Å²) >= 11 is 0. The molecule has 0 saturated heterocycles. The average molecular weight is 312 g/mol. The second-order valence-electron chi connectivity index (χ2n) is 5.18. The SMILES string of the molecule is CC(C)(C)N(CCOP(N)(=O)OC(CN)CN)C(=O)O. The minimum absolute atomic E-state index is 0.0132. The number of carbonyl (C=O) groups is 1. The van der Waals surface area contributed by atoms with Crippen molar-refractivity contribution in [3.8, 4) is 0 Å². The molecule has 0 aliphatic carbocycles. The van der Waals surface area contributed by atoms with Crippen molar-refractivity contribution < 1.29 is 23.5 Å². The molecule has 0 heterocycles. The van der Waals surface area contributed by atoms with Crippen LogP contribution in [0.4, 0.5) is 4.79 Å². The highest BCUT2D eigenvalue weighted by molar-refractivity contribution is 7.51. The van der Waals surface area contributed by atoms with Gasteiger partial charge in [0, 0.05) is 25.2 Å². The third-order valence-electron chi connectivity index (χ3n) is 2.45. The molecule has 0 spiro atoms. The van der Waals surface area contributed by atoms with Crippen molar-refractivity contribution in [3.05, 3.63) is 0 Å². The molecule has 1 atom stereocenters. The van der Waals surface area contributed by atoms with Gasteiger partial charge in [0.05, 0.1) is 12.7 Å². The molecule has 120 valence electrons. The van der Waals surface area contributed by atoms with Gasteiger partial charge in [0.15, 0.2) is 0 Å². The molecule has 0 aromatic rings. The Bertz CT molecular complexity index is 356. The van der Waals surface area contributed by atoms with Gasteiger partial charge in [-0.1, -0.05) is 0 Å². The lowest BCUT2D eigenvalue weighted by Crippen LogP contribution is -2.46. The lowest BCUT2D eigenvalue weighted by Gasteiger charge is -2.33. The predicted octanol–water partition coefficient (Wildman–Crippen LogP) is 0.151. The first-order chi connectivity index (χ1) is 9.03. The van der Waals surface area contributed by atoms with Gasteiger partial charge in [-0.25, -0.2) is 14.9 Å². The largest absolute Gasteiger partial charge is 0.465 e. The van der Waals surface area contributed by atoms with Crippen LogP contribution in [0, 0.1) is 0 Å². The van der Waals surface area contributed by atoms with Crippen LogP contribution >= 0.6 is 7.75 Å². The lowest BCUT2D eigenvalue weighted by atomic mass is 10.1. The third kappa shape index (κ3) is 7.18. The molecule has 0 rings (SSSR count). The number of nitrogens with zero attached hydrogens (tertiary/aromatic N) is 1. The normalized spacial score (nSPS) is 15.2. The maximum absolute atomic E-state index is 11.8. The van der Waals surface area contributed by atoms with E-state index in [0.717, 1.165) is 4.90 Å². The molecule has 9 nitrogen and oxygen atoms in total. The molecule has 0 saturated carbocycles. The van der Waals surface area contributed by atoms with Crippen molar-refractivity contribution in [1.82, 2.24) is 4.90 Å². The molecule has 0 aromatic carbocycles. The molecule has 20 heavy (non-hydrogen) atoms. The summed E-state index contributed by atoms with van der Waals surface area (Å²) in [6.07, 6.45) is -1.76. The van der Waals surface area contributed by atoms with Crippen molar-refractivity contribution in [3.63, 3.8) is 0 Å². The number of nitrogens with two attached hydrogens (primary N) is 3. The Morgan fingerprint density at radius 3 is 2.20 bits per heavy atom. The Hall–Kier alpha value is -0.700. The van der Waals surface area contributed by atoms with Crippen molar-refractivity contribution in [2.24, 2.45) is 17.0 Å². The zero-order valence-corrected chi connectivity index (χ0v) is 13.0. The molecular formula is C10H25N4O5P. The van der Waals surface area contributed by atoms with Crippen LogP contribution < -0.4 is 17.0 Å². The van der Waals surface area contributed by atoms with E-state index in [4.69, 9.17) is 31.1 Å². The van der Waals surface area contributed by atoms with Crippen LogP contribution in [-0.4, -0.2) is 54.0 Å². The Morgan fingerprint density at radius 2 is 1.85 bits per heavy atom. The van der Waals surface area contributed by atoms with Gasteiger partial charge in [0.1, 0.15) is 0 Å². The van der Waals surface area contributed by atoms with Gasteiger partial charge in [0.25, 0.3) is 0 Å². The van der Waals surface area contributed by atoms with Gasteiger partial charge < -0.3 is 21.5 Å². The third-order valence-corrected chi connectivity index (χ3v) is 3.58. The Balaban J connectivity index is 4.40. The summed E-state index contributed by atoms with van der Waals surface area (Å²) in [5.74, 6) is 0. The van der Waals surface area contributed by atoms with Crippen LogP contribution in [0.25, 0.3) is 0 Å². The smallest absolute Gasteiger partial charge is 0.407 e. The second-order valence-corrected chi connectivity index (χ2v) is 6.73. The van der Waals surface area contributed by atoms with Crippen LogP contribution in [0.5, 0.6) is 0 Å². The first-order valence-electron chi connectivity index (χ1n) is 6.15. The number of hydrogen-bond donors (Lipinski definition) is 4. The summed E-state index contributed by atoms with van der Waals surface area (Å²) < 4.78 is 21.7. The molecule has 1 amide bonds. The fourth-order valence-corrected chi connectivity index (χ4v) is 2.38. The molecule has 0 bridgehead atoms. The summed E-state index contributed by atoms with van der Waals surface area (Å²) in [5, 5.41) is 9.07. The topological polar surface area (TPSA) is 154 Å². The zero-order valence-electron chi connectivity index (χ0n) is 12.1. The Morgan fingerprint density at radius 1 is 1.35 bits per heavy atom. The first-order valence-corrected chi connectivity index (χ1v) is 7.77. The van der Waals surface area contributed by atoms with E-state index >= 15 is 0 Å². The molecule has 0 fully saturated rings. The summed E-state index contributed by atoms with van der Waals surface area (Å²) in [4.78, 5) is 12.2. The Kier molecular flexibility index (Phi) is 7.64. The number of carboxylic acid groups (broad SMARTS) is 1. The van der Waals surface area contributed by atoms with E-state index < -0.39 is 25.5 Å². The van der Waals surface area contributed by atoms with E-state index in [2.05, 4.69) is 0 Å². The summed E-state index contributed by atoms with van der Waals surface area (Å²) in [7, 11) is -3.80. The summed E-state index contributed by atoms with van der Waals surface area (Å²) in [6.45, 7) is 5.18. The number of amides is 1. The second kappa shape index (κ2) is 7.92. The zero-order chi connectivity index (χ0) is 16.0. The van der Waals surface area contributed by atoms with Crippen LogP contribution in [0.1, 0.15) is 20.8 Å². The molecule has 10 heteroatoms. The van der Waals surface area contributed by atoms with E-state index in [1.807, 2.05) is 0 Å². The Labute approximate surface area is 119 Å². The van der Waals surface area contributed by atoms with Crippen molar-refractivity contribution in [2.45, 2.75) is 32.4 Å². The lowest BCUT2D eigenvalue weighted by molar-refractivity contribution is 0.0822. The molecule has 7 N–H and O–H groups in total. The highest BCUT2D eigenvalue weighted by atomic mass is 31.2. The summed E-state index contributed by atoms with van der Waals surface area (Å²) in [5.41, 5.74) is 15.5. The van der Waals surface area contributed by atoms with E-state index in [1.54, 1.807) is 20.8 Å². The monoisotopic (exact) mass is 312 g/mol. The minimum Gasteiger partial charge on any atom is -0.465 e. The number of rotatable bonds is 8. The fraction of sp³-hybridized carbons (Fsp3) is 0.900. The van der Waals surface area contributed by atoms with Crippen LogP contribution in [0.15, 0.2) is 0 Å². The molecule has 0 radical (unpaired) electrons. The van der Waals surface area contributed by atoms with E-state index in [-0.39, 0.29) is 26.2 Å². The van der Waals surface area contributed by atoms with Crippen molar-refractivity contribution in [1.29, 1.82) is 0 Å². The number of hydrogen-bond acceptors (Lipinski definition) is 6. The highest BCUT2D eigenvalue weighted by Crippen LogP contribution is 2.40. The molecule has 0 aromatic heterocycles. The van der Waals surface area contributed by atoms with Crippen LogP contribution in [0.2, 0.25) is 0 Å². The van der Waals surface area contributed by atoms with Crippen LogP contribution in [-0.2, 0) is 13.6 Å². The average Bonchev–Trinajstić information content (AvgIpc) is 2.29. The molecular weight excluding hydrogens is 287 g/mol. The van der Waals surface area contributed by atoms with Gasteiger partial charge in [-0.2, -0.15) is 0 Å². The van der Waals surface area contributed by atoms with E-state index in [9.17, 15) is 9.36 Å². The van der Waals surface area contributed by atoms with Gasteiger partial charge >= 0.3 is 13.8 Å². The fourth-order valence-electron chi connectivity index (χ4n) is 1.40. The molecule has 0 aliphatic heterocycles. The van der Waals surface area contributed by atoms with Crippen molar-refractivity contribution >= 4 is 13.8 Å². The van der Waals surface area contributed by atoms with E-state index in [0.29, 0.717) is 0 Å². The maximum Gasteiger partial charge on any atom is 0.407 e. The standard InChI is InChI=1S/C10H25N4O5P/c1-10(2,3)14(9(15)16)4-5-18-20(13,17)19-8(6-11)7-12/h8H,4-7,11-12H2,1-3H3,(H2,13,17)(H,15,16). The van der Waals surface area contributed by atoms with Gasteiger partial charge in [-0.15, -0.1) is 0 Å². The minimum atomic E-state index is -3.80. The maximum atomic E-state index is 11.8. The van der Waals surface area contributed by atoms with Crippen LogP contribution in [0.3, 0.4) is 0 Å². The van der Waals surface area contributed by atoms with Crippen molar-refractivity contribution in [2.75, 3.05) is 26.2 Å². The molecule has 0 aliphatic rings. The summed E-state index contributed by atoms with van der Waals surface area (Å²) in [6, 6.07) is 0. The van der Waals surface area contributed by atoms with Gasteiger partial charge in [-0.05, 0) is 20.8 Å². The molecule has 1 unspecified atom stereocenters.